The summed E-state index contributed by atoms with van der Waals surface area (Å²) in [7, 11) is 0. The molecule has 0 amide bonds. The molecule has 0 saturated carbocycles. The zero-order chi connectivity index (χ0) is 40.1. The third kappa shape index (κ3) is 11.3. The Morgan fingerprint density at radius 3 is 2.53 bits per heavy atom. The second-order valence-corrected chi connectivity index (χ2v) is 15.1. The molecule has 8 nitrogen and oxygen atoms in total. The van der Waals surface area contributed by atoms with E-state index in [1.54, 1.807) is 36.6 Å². The zero-order valence-electron chi connectivity index (χ0n) is 32.6. The second kappa shape index (κ2) is 19.8. The quantitative estimate of drug-likeness (QED) is 0.0368. The van der Waals surface area contributed by atoms with E-state index in [1.165, 1.54) is 12.0 Å². The fraction of sp³-hybridized carbons (Fsp3) is 0.306. The molecule has 1 heterocycles. The lowest BCUT2D eigenvalue weighted by Gasteiger charge is -2.27. The van der Waals surface area contributed by atoms with E-state index in [0.29, 0.717) is 65.3 Å². The van der Waals surface area contributed by atoms with Gasteiger partial charge in [-0.25, -0.2) is 0 Å². The number of phenols is 2. The first-order valence-electron chi connectivity index (χ1n) is 19.9. The van der Waals surface area contributed by atoms with Crippen molar-refractivity contribution in [1.29, 1.82) is 0 Å². The van der Waals surface area contributed by atoms with Crippen molar-refractivity contribution >= 4 is 11.5 Å². The van der Waals surface area contributed by atoms with Crippen molar-refractivity contribution in [3.8, 4) is 29.1 Å². The van der Waals surface area contributed by atoms with Gasteiger partial charge in [-0.3, -0.25) is 9.79 Å². The Bertz CT molecular complexity index is 2220. The number of aryl methyl sites for hydroxylation is 2. The van der Waals surface area contributed by atoms with Crippen molar-refractivity contribution in [2.75, 3.05) is 6.61 Å². The van der Waals surface area contributed by atoms with E-state index in [1.807, 2.05) is 48.5 Å². The number of hydrogen-bond donors (Lipinski definition) is 4. The highest BCUT2D eigenvalue weighted by Gasteiger charge is 2.24. The molecule has 1 aliphatic carbocycles. The lowest BCUT2D eigenvalue weighted by molar-refractivity contribution is -0.307. The van der Waals surface area contributed by atoms with Gasteiger partial charge in [0.1, 0.15) is 5.75 Å². The van der Waals surface area contributed by atoms with Gasteiger partial charge in [0.25, 0.3) is 0 Å². The summed E-state index contributed by atoms with van der Waals surface area (Å²) in [5, 5.41) is 35.5. The van der Waals surface area contributed by atoms with E-state index in [4.69, 9.17) is 16.2 Å². The van der Waals surface area contributed by atoms with Crippen LogP contribution in [-0.4, -0.2) is 28.3 Å². The normalized spacial score (nSPS) is 15.5. The fourth-order valence-electron chi connectivity index (χ4n) is 7.36. The third-order valence-electron chi connectivity index (χ3n) is 10.7. The Balaban J connectivity index is 1.05. The summed E-state index contributed by atoms with van der Waals surface area (Å²) < 4.78 is 6.05. The number of allylic oxidation sites excluding steroid dienone is 5. The Morgan fingerprint density at radius 1 is 0.930 bits per heavy atom. The number of ketones is 1. The van der Waals surface area contributed by atoms with Gasteiger partial charge in [-0.2, -0.15) is 0 Å². The number of fused-ring (bicyclic) bond motifs is 2. The maximum atomic E-state index is 13.7. The van der Waals surface area contributed by atoms with Crippen molar-refractivity contribution in [3.05, 3.63) is 160 Å². The molecule has 0 radical (unpaired) electrons. The number of nitrogens with two attached hydrogens (primary N) is 2. The van der Waals surface area contributed by atoms with Crippen LogP contribution in [0.25, 0.3) is 0 Å². The van der Waals surface area contributed by atoms with Gasteiger partial charge in [-0.05, 0) is 114 Å². The van der Waals surface area contributed by atoms with Gasteiger partial charge in [-0.15, -0.1) is 5.76 Å². The molecule has 0 saturated heterocycles. The molecule has 1 aliphatic heterocycles. The summed E-state index contributed by atoms with van der Waals surface area (Å²) in [6.45, 7) is 2.55. The number of nitrogens with zero attached hydrogens (tertiary/aromatic N) is 1. The van der Waals surface area contributed by atoms with Crippen LogP contribution in [-0.2, 0) is 24.1 Å². The summed E-state index contributed by atoms with van der Waals surface area (Å²) in [6, 6.07) is 26.7. The first kappa shape index (κ1) is 40.8. The molecular formula is C49H52N3O5-. The summed E-state index contributed by atoms with van der Waals surface area (Å²) in [4.78, 5) is 17.0. The molecule has 6 N–H and O–H groups in total. The number of rotatable bonds is 17. The van der Waals surface area contributed by atoms with Gasteiger partial charge in [0.15, 0.2) is 17.3 Å². The Kier molecular flexibility index (Phi) is 14.2. The number of aromatic hydroxyl groups is 2. The van der Waals surface area contributed by atoms with Gasteiger partial charge in [0, 0.05) is 36.1 Å². The smallest absolute Gasteiger partial charge is 0.161 e. The molecule has 2 aliphatic rings. The molecule has 2 atom stereocenters. The van der Waals surface area contributed by atoms with Crippen molar-refractivity contribution in [2.24, 2.45) is 22.4 Å². The van der Waals surface area contributed by atoms with Gasteiger partial charge in [0.2, 0.25) is 0 Å². The maximum Gasteiger partial charge on any atom is 0.161 e. The highest BCUT2D eigenvalue weighted by atomic mass is 16.5. The molecule has 4 aromatic carbocycles. The van der Waals surface area contributed by atoms with Crippen molar-refractivity contribution in [2.45, 2.75) is 83.2 Å². The highest BCUT2D eigenvalue weighted by molar-refractivity contribution is 6.06. The number of phenolic OH excluding ortho intramolecular Hbond substituents is 2. The van der Waals surface area contributed by atoms with Crippen LogP contribution >= 0.6 is 0 Å². The minimum Gasteiger partial charge on any atom is -0.875 e. The third-order valence-corrected chi connectivity index (χ3v) is 10.7. The van der Waals surface area contributed by atoms with Crippen molar-refractivity contribution in [1.82, 2.24) is 0 Å². The van der Waals surface area contributed by atoms with Crippen molar-refractivity contribution in [3.63, 3.8) is 0 Å². The summed E-state index contributed by atoms with van der Waals surface area (Å²) in [5.74, 6) is 6.96. The molecule has 0 bridgehead atoms. The number of carbonyl (C=O) groups is 1. The molecule has 4 aromatic rings. The van der Waals surface area contributed by atoms with E-state index >= 15 is 0 Å². The molecule has 8 heteroatoms. The average Bonchev–Trinajstić information content (AvgIpc) is 3.69. The monoisotopic (exact) mass is 762 g/mol. The number of benzene rings is 4. The van der Waals surface area contributed by atoms with Gasteiger partial charge < -0.3 is 31.5 Å². The van der Waals surface area contributed by atoms with Crippen LogP contribution in [0.15, 0.2) is 126 Å². The van der Waals surface area contributed by atoms with Crippen LogP contribution in [0, 0.1) is 17.8 Å². The standard InChI is InChI=1S/C49H53N3O5/c1-33(15-16-34-10-5-3-6-11-34)9-4-2-7-13-39(53)21-17-35-19-24-46(55)48(30-35)57-28-26-36-18-23-45(54)43(29-36)42-32-47(56)41-25-27-52-44(41)14-8-12-37-31-38(49(50)51)20-22-40(37)42/h3,5-7,10-11,13,18-20,22-25,27,29-31,33,42,49,54-56H,2,4,9,14-17,21,26,28,32,50-51H2,1H3/p-1. The number of ether oxygens (including phenoxy) is 1. The molecular weight excluding hydrogens is 711 g/mol. The van der Waals surface area contributed by atoms with Crippen LogP contribution in [0.1, 0.15) is 103 Å². The average molecular weight is 763 g/mol. The zero-order valence-corrected chi connectivity index (χ0v) is 32.6. The molecule has 57 heavy (non-hydrogen) atoms. The van der Waals surface area contributed by atoms with E-state index in [-0.39, 0.29) is 36.1 Å². The summed E-state index contributed by atoms with van der Waals surface area (Å²) in [6.07, 6.45) is 13.5. The maximum absolute atomic E-state index is 13.7. The number of hydrogen-bond acceptors (Lipinski definition) is 8. The lowest BCUT2D eigenvalue weighted by atomic mass is 9.82. The van der Waals surface area contributed by atoms with Crippen LogP contribution < -0.4 is 21.3 Å². The van der Waals surface area contributed by atoms with Crippen LogP contribution in [0.5, 0.6) is 17.2 Å². The van der Waals surface area contributed by atoms with Crippen molar-refractivity contribution < 1.29 is 24.9 Å². The van der Waals surface area contributed by atoms with Gasteiger partial charge in [0.05, 0.1) is 24.9 Å². The minimum atomic E-state index is -0.692. The van der Waals surface area contributed by atoms with E-state index in [0.717, 1.165) is 42.4 Å². The summed E-state index contributed by atoms with van der Waals surface area (Å²) >= 11 is 0. The first-order chi connectivity index (χ1) is 27.6. The lowest BCUT2D eigenvalue weighted by Crippen LogP contribution is -2.21. The van der Waals surface area contributed by atoms with Crippen LogP contribution in [0.3, 0.4) is 0 Å². The Hall–Kier alpha value is -5.88. The molecule has 0 fully saturated rings. The fourth-order valence-corrected chi connectivity index (χ4v) is 7.36. The minimum absolute atomic E-state index is 0.0186. The highest BCUT2D eigenvalue weighted by Crippen LogP contribution is 2.39. The van der Waals surface area contributed by atoms with Gasteiger partial charge in [-0.1, -0.05) is 91.9 Å². The Labute approximate surface area is 336 Å². The van der Waals surface area contributed by atoms with E-state index in [9.17, 15) is 20.1 Å². The predicted octanol–water partition coefficient (Wildman–Crippen LogP) is 7.99. The summed E-state index contributed by atoms with van der Waals surface area (Å²) in [5.41, 5.74) is 19.1. The number of aliphatic imine (C=N–C) groups is 1. The van der Waals surface area contributed by atoms with E-state index < -0.39 is 12.1 Å². The first-order valence-corrected chi connectivity index (χ1v) is 19.9. The van der Waals surface area contributed by atoms with E-state index in [2.05, 4.69) is 48.0 Å². The molecule has 6 rings (SSSR count). The van der Waals surface area contributed by atoms with Crippen LogP contribution in [0.2, 0.25) is 0 Å². The molecule has 0 aromatic heterocycles. The molecule has 294 valence electrons. The number of unbranched alkanes of at least 4 members (excludes halogenated alkanes) is 1. The van der Waals surface area contributed by atoms with Gasteiger partial charge >= 0.3 is 0 Å². The molecule has 2 unspecified atom stereocenters. The predicted molar refractivity (Wildman–Crippen MR) is 225 cm³/mol. The van der Waals surface area contributed by atoms with Crippen LogP contribution in [0.4, 0.5) is 0 Å². The number of carbonyl (C=O) groups excluding carboxylic acids is 1. The second-order valence-electron chi connectivity index (χ2n) is 15.1. The molecule has 0 spiro atoms. The largest absolute Gasteiger partial charge is 0.875 e. The Morgan fingerprint density at radius 2 is 1.72 bits per heavy atom. The topological polar surface area (TPSA) is 154 Å². The SMILES string of the molecule is CC(CCCC=CC(=O)CCc1ccc(O)c(OCCc2ccc(O)c(C3CC([O-])=C4C=CN=C4CC#Cc4cc(C(N)N)ccc43)c2)c1)CCc1ccccc1.